The fraction of sp³-hybridized carbons (Fsp3) is 0.500. The van der Waals surface area contributed by atoms with E-state index in [0.29, 0.717) is 0 Å². The summed E-state index contributed by atoms with van der Waals surface area (Å²) in [6, 6.07) is -1.37. The fourth-order valence-corrected chi connectivity index (χ4v) is 1.38. The van der Waals surface area contributed by atoms with Gasteiger partial charge in [-0.2, -0.15) is 0 Å². The SMILES string of the molecule is CCOC(=O)C(NC(C)=O)C(=O)OCC.O=C(O)N1C=CC=NC1. The van der Waals surface area contributed by atoms with Crippen LogP contribution in [0.2, 0.25) is 0 Å². The van der Waals surface area contributed by atoms with Crippen LogP contribution in [0, 0.1) is 0 Å². The van der Waals surface area contributed by atoms with Crippen molar-refractivity contribution in [3.8, 4) is 0 Å². The summed E-state index contributed by atoms with van der Waals surface area (Å²) in [5, 5.41) is 10.5. The lowest BCUT2D eigenvalue weighted by Gasteiger charge is -2.14. The van der Waals surface area contributed by atoms with E-state index in [0.717, 1.165) is 4.90 Å². The zero-order chi connectivity index (χ0) is 18.5. The van der Waals surface area contributed by atoms with Gasteiger partial charge in [0.2, 0.25) is 11.9 Å². The van der Waals surface area contributed by atoms with E-state index in [1.165, 1.54) is 13.1 Å². The first-order chi connectivity index (χ1) is 11.3. The summed E-state index contributed by atoms with van der Waals surface area (Å²) < 4.78 is 9.24. The molecule has 0 saturated carbocycles. The van der Waals surface area contributed by atoms with Crippen LogP contribution in [0.25, 0.3) is 0 Å². The number of nitrogens with zero attached hydrogens (tertiary/aromatic N) is 2. The van der Waals surface area contributed by atoms with Gasteiger partial charge in [-0.25, -0.2) is 14.4 Å². The van der Waals surface area contributed by atoms with Crippen molar-refractivity contribution in [1.29, 1.82) is 0 Å². The standard InChI is InChI=1S/C9H15NO5.C5H6N2O2/c1-4-14-8(12)7(10-6(3)11)9(13)15-5-2;8-5(9)7-3-1-2-6-4-7/h7H,4-5H2,1-3H3,(H,10,11);1-3H,4H2,(H,8,9). The van der Waals surface area contributed by atoms with Crippen LogP contribution in [0.15, 0.2) is 17.3 Å². The van der Waals surface area contributed by atoms with Crippen LogP contribution in [0.3, 0.4) is 0 Å². The molecule has 0 atom stereocenters. The van der Waals surface area contributed by atoms with Crippen LogP contribution in [-0.4, -0.2) is 66.1 Å². The van der Waals surface area contributed by atoms with Gasteiger partial charge in [-0.15, -0.1) is 0 Å². The summed E-state index contributed by atoms with van der Waals surface area (Å²) in [5.74, 6) is -2.13. The Morgan fingerprint density at radius 1 is 1.21 bits per heavy atom. The summed E-state index contributed by atoms with van der Waals surface area (Å²) in [5.41, 5.74) is 0. The number of esters is 2. The molecule has 1 aliphatic heterocycles. The largest absolute Gasteiger partial charge is 0.465 e. The molecule has 0 saturated heterocycles. The number of hydrogen-bond acceptors (Lipinski definition) is 7. The molecule has 1 aliphatic rings. The van der Waals surface area contributed by atoms with Gasteiger partial charge in [-0.05, 0) is 19.9 Å². The molecule has 10 nitrogen and oxygen atoms in total. The van der Waals surface area contributed by atoms with Crippen LogP contribution >= 0.6 is 0 Å². The molecule has 0 aromatic carbocycles. The van der Waals surface area contributed by atoms with Crippen LogP contribution in [0.4, 0.5) is 4.79 Å². The maximum Gasteiger partial charge on any atom is 0.412 e. The average Bonchev–Trinajstić information content (AvgIpc) is 2.54. The Kier molecular flexibility index (Phi) is 10.2. The highest BCUT2D eigenvalue weighted by Gasteiger charge is 2.30. The third-order valence-corrected chi connectivity index (χ3v) is 2.33. The van der Waals surface area contributed by atoms with E-state index in [4.69, 9.17) is 5.11 Å². The molecule has 0 aromatic heterocycles. The maximum atomic E-state index is 11.3. The highest BCUT2D eigenvalue weighted by Crippen LogP contribution is 1.95. The van der Waals surface area contributed by atoms with Crippen molar-refractivity contribution >= 4 is 30.2 Å². The first-order valence-electron chi connectivity index (χ1n) is 7.10. The van der Waals surface area contributed by atoms with E-state index in [9.17, 15) is 19.2 Å². The van der Waals surface area contributed by atoms with Crippen molar-refractivity contribution < 1.29 is 33.8 Å². The third-order valence-electron chi connectivity index (χ3n) is 2.33. The Hall–Kier alpha value is -2.91. The first kappa shape index (κ1) is 21.1. The Balaban J connectivity index is 0.000000496. The Morgan fingerprint density at radius 3 is 2.04 bits per heavy atom. The van der Waals surface area contributed by atoms with Gasteiger partial charge in [0.05, 0.1) is 13.2 Å². The molecule has 0 aromatic rings. The smallest absolute Gasteiger partial charge is 0.412 e. The monoisotopic (exact) mass is 343 g/mol. The predicted molar refractivity (Wildman–Crippen MR) is 83.2 cm³/mol. The van der Waals surface area contributed by atoms with E-state index in [1.807, 2.05) is 0 Å². The minimum Gasteiger partial charge on any atom is -0.465 e. The van der Waals surface area contributed by atoms with Crippen LogP contribution in [-0.2, 0) is 23.9 Å². The Bertz CT molecular complexity index is 498. The zero-order valence-electron chi connectivity index (χ0n) is 13.7. The number of ether oxygens (including phenoxy) is 2. The average molecular weight is 343 g/mol. The molecule has 10 heteroatoms. The van der Waals surface area contributed by atoms with Gasteiger partial charge >= 0.3 is 18.0 Å². The second-order valence-corrected chi connectivity index (χ2v) is 4.20. The van der Waals surface area contributed by atoms with Crippen molar-refractivity contribution in [2.45, 2.75) is 26.8 Å². The summed E-state index contributed by atoms with van der Waals surface area (Å²) >= 11 is 0. The normalized spacial score (nSPS) is 12.1. The van der Waals surface area contributed by atoms with Crippen molar-refractivity contribution in [2.75, 3.05) is 19.9 Å². The molecule has 0 fully saturated rings. The minimum atomic E-state index is -1.37. The van der Waals surface area contributed by atoms with E-state index < -0.39 is 30.0 Å². The lowest BCUT2D eigenvalue weighted by Crippen LogP contribution is -2.47. The van der Waals surface area contributed by atoms with E-state index >= 15 is 0 Å². The number of carbonyl (C=O) groups is 4. The number of carboxylic acid groups (broad SMARTS) is 1. The Morgan fingerprint density at radius 2 is 1.75 bits per heavy atom. The van der Waals surface area contributed by atoms with Crippen LogP contribution in [0.5, 0.6) is 0 Å². The van der Waals surface area contributed by atoms with E-state index in [-0.39, 0.29) is 19.9 Å². The predicted octanol–water partition coefficient (Wildman–Crippen LogP) is 0.139. The zero-order valence-corrected chi connectivity index (χ0v) is 13.7. The molecule has 1 heterocycles. The summed E-state index contributed by atoms with van der Waals surface area (Å²) in [4.78, 5) is 48.2. The second kappa shape index (κ2) is 11.6. The number of allylic oxidation sites excluding steroid dienone is 1. The quantitative estimate of drug-likeness (QED) is 0.535. The van der Waals surface area contributed by atoms with Crippen molar-refractivity contribution in [2.24, 2.45) is 4.99 Å². The minimum absolute atomic E-state index is 0.133. The highest BCUT2D eigenvalue weighted by atomic mass is 16.6. The topological polar surface area (TPSA) is 135 Å². The van der Waals surface area contributed by atoms with Crippen molar-refractivity contribution in [1.82, 2.24) is 10.2 Å². The summed E-state index contributed by atoms with van der Waals surface area (Å²) in [6.07, 6.45) is 3.65. The number of hydrogen-bond donors (Lipinski definition) is 2. The van der Waals surface area contributed by atoms with Crippen molar-refractivity contribution in [3.05, 3.63) is 12.3 Å². The van der Waals surface area contributed by atoms with Gasteiger partial charge in [-0.3, -0.25) is 14.7 Å². The summed E-state index contributed by atoms with van der Waals surface area (Å²) in [7, 11) is 0. The van der Waals surface area contributed by atoms with Gasteiger partial charge in [-0.1, -0.05) is 0 Å². The molecule has 0 aliphatic carbocycles. The number of aliphatic imine (C=N–C) groups is 1. The molecular weight excluding hydrogens is 322 g/mol. The second-order valence-electron chi connectivity index (χ2n) is 4.20. The highest BCUT2D eigenvalue weighted by molar-refractivity contribution is 6.02. The van der Waals surface area contributed by atoms with Gasteiger partial charge in [0.15, 0.2) is 0 Å². The third kappa shape index (κ3) is 8.51. The van der Waals surface area contributed by atoms with Crippen LogP contribution in [0.1, 0.15) is 20.8 Å². The van der Waals surface area contributed by atoms with E-state index in [2.05, 4.69) is 19.8 Å². The molecule has 2 amide bonds. The van der Waals surface area contributed by atoms with Crippen molar-refractivity contribution in [3.63, 3.8) is 0 Å². The van der Waals surface area contributed by atoms with Gasteiger partial charge in [0, 0.05) is 19.3 Å². The van der Waals surface area contributed by atoms with Gasteiger partial charge in [0.25, 0.3) is 0 Å². The van der Waals surface area contributed by atoms with E-state index in [1.54, 1.807) is 26.1 Å². The summed E-state index contributed by atoms with van der Waals surface area (Å²) in [6.45, 7) is 4.89. The number of nitrogens with one attached hydrogen (secondary N) is 1. The molecular formula is C14H21N3O7. The number of carbonyl (C=O) groups excluding carboxylic acids is 3. The number of rotatable bonds is 5. The fourth-order valence-electron chi connectivity index (χ4n) is 1.38. The van der Waals surface area contributed by atoms with Gasteiger partial charge < -0.3 is 19.9 Å². The molecule has 0 radical (unpaired) electrons. The lowest BCUT2D eigenvalue weighted by molar-refractivity contribution is -0.159. The van der Waals surface area contributed by atoms with Crippen LogP contribution < -0.4 is 5.32 Å². The van der Waals surface area contributed by atoms with Gasteiger partial charge in [0.1, 0.15) is 6.67 Å². The molecule has 0 bridgehead atoms. The first-order valence-corrected chi connectivity index (χ1v) is 7.10. The maximum absolute atomic E-state index is 11.3. The molecule has 134 valence electrons. The molecule has 0 unspecified atom stereocenters. The molecule has 0 spiro atoms. The molecule has 24 heavy (non-hydrogen) atoms. The molecule has 1 rings (SSSR count). The lowest BCUT2D eigenvalue weighted by atomic mass is 10.3. The number of amides is 2. The Labute approximate surface area is 139 Å². The molecule has 2 N–H and O–H groups in total.